The fraction of sp³-hybridized carbons (Fsp3) is 0.452. The number of rotatable bonds is 7. The number of aliphatic hydroxyl groups is 1. The summed E-state index contributed by atoms with van der Waals surface area (Å²) in [6, 6.07) is 8.36. The van der Waals surface area contributed by atoms with Crippen LogP contribution < -0.4 is 16.2 Å². The molecule has 0 amide bonds. The van der Waals surface area contributed by atoms with Crippen molar-refractivity contribution < 1.29 is 19.4 Å². The van der Waals surface area contributed by atoms with E-state index in [0.717, 1.165) is 62.3 Å². The summed E-state index contributed by atoms with van der Waals surface area (Å²) in [4.78, 5) is 27.2. The summed E-state index contributed by atoms with van der Waals surface area (Å²) >= 11 is 0. The molecule has 0 spiro atoms. The lowest BCUT2D eigenvalue weighted by Crippen LogP contribution is -2.53. The van der Waals surface area contributed by atoms with E-state index < -0.39 is 16.9 Å². The largest absolute Gasteiger partial charge is 0.496 e. The fourth-order valence-corrected chi connectivity index (χ4v) is 8.98. The van der Waals surface area contributed by atoms with Gasteiger partial charge in [-0.25, -0.2) is 0 Å². The molecule has 1 fully saturated rings. The van der Waals surface area contributed by atoms with Gasteiger partial charge in [0.1, 0.15) is 5.75 Å². The number of ketones is 2. The smallest absolute Gasteiger partial charge is 0.177 e. The Balaban J connectivity index is 0.00000157. The van der Waals surface area contributed by atoms with Crippen LogP contribution in [-0.2, 0) is 9.59 Å². The summed E-state index contributed by atoms with van der Waals surface area (Å²) in [5.41, 5.74) is 16.7. The lowest BCUT2D eigenvalue weighted by molar-refractivity contribution is -0.130. The van der Waals surface area contributed by atoms with Gasteiger partial charge in [0.25, 0.3) is 0 Å². The Morgan fingerprint density at radius 1 is 1.20 bits per heavy atom. The van der Waals surface area contributed by atoms with Crippen LogP contribution in [0.2, 0.25) is 0 Å². The summed E-state index contributed by atoms with van der Waals surface area (Å²) in [5, 5.41) is 21.7. The SMILES string of the molecule is C=CCC(O)c1ccc(OC)c(C2=C3C[C@@]4(C)C[C@H]5[C@H](CC)C(C)=C(C(C)=O)C(=O)[C@@]5(C)C(C#N)=C4C(=C)C3=C(C)C=CC2)c1.CN.CN. The van der Waals surface area contributed by atoms with Crippen LogP contribution in [0.3, 0.4) is 0 Å². The standard InChI is InChI=1S/C40H45NO4.2CH5N/c1-10-13-33(43)26-16-17-34(45-9)29(18-26)28-15-12-14-22(3)35-24(5)37-32(21-41)40(8)31(20-39(37,7)19-30(28)35)27(11-2)23(4)36(25(6)42)38(40)44;2*1-2/h10,12,14,16-18,27,31,33,43H,1,5,11,13,15,19-20H2,2-4,6-9H3;2*2H2,1H3/t27-,31+,33?,39+,40-;;/m1../s1. The molecule has 4 aliphatic rings. The molecular weight excluding hydrogens is 610 g/mol. The third-order valence-corrected chi connectivity index (χ3v) is 11.1. The number of ether oxygens (including phenoxy) is 1. The zero-order valence-electron chi connectivity index (χ0n) is 30.9. The highest BCUT2D eigenvalue weighted by Crippen LogP contribution is 2.66. The number of hydrogen-bond donors (Lipinski definition) is 3. The highest BCUT2D eigenvalue weighted by atomic mass is 16.5. The predicted octanol–water partition coefficient (Wildman–Crippen LogP) is 7.81. The number of methoxy groups -OCH3 is 1. The molecule has 4 aliphatic carbocycles. The molecule has 0 radical (unpaired) electrons. The number of benzene rings is 1. The third-order valence-electron chi connectivity index (χ3n) is 11.1. The van der Waals surface area contributed by atoms with Crippen molar-refractivity contribution in [2.45, 2.75) is 79.8 Å². The van der Waals surface area contributed by atoms with E-state index >= 15 is 0 Å². The summed E-state index contributed by atoms with van der Waals surface area (Å²) in [5.74, 6) is 0.153. The number of Topliss-reactive ketones (excluding diaryl/α,β-unsaturated/α-hetero) is 2. The lowest BCUT2D eigenvalue weighted by atomic mass is 9.45. The van der Waals surface area contributed by atoms with E-state index in [0.29, 0.717) is 31.3 Å². The van der Waals surface area contributed by atoms with Crippen molar-refractivity contribution in [3.8, 4) is 11.8 Å². The molecule has 0 bridgehead atoms. The Morgan fingerprint density at radius 3 is 2.41 bits per heavy atom. The van der Waals surface area contributed by atoms with Crippen LogP contribution in [0.4, 0.5) is 0 Å². The van der Waals surface area contributed by atoms with Crippen molar-refractivity contribution in [1.82, 2.24) is 0 Å². The van der Waals surface area contributed by atoms with Gasteiger partial charge in [0.2, 0.25) is 0 Å². The molecule has 5 atom stereocenters. The number of nitrogens with two attached hydrogens (primary N) is 2. The van der Waals surface area contributed by atoms with Gasteiger partial charge in [-0.1, -0.05) is 50.3 Å². The second-order valence-electron chi connectivity index (χ2n) is 13.7. The summed E-state index contributed by atoms with van der Waals surface area (Å²) < 4.78 is 5.88. The van der Waals surface area contributed by atoms with Crippen LogP contribution in [0.5, 0.6) is 5.75 Å². The second-order valence-corrected chi connectivity index (χ2v) is 13.7. The number of allylic oxidation sites excluding steroid dienone is 11. The van der Waals surface area contributed by atoms with Gasteiger partial charge in [0, 0.05) is 11.1 Å². The van der Waals surface area contributed by atoms with E-state index in [1.54, 1.807) is 13.2 Å². The summed E-state index contributed by atoms with van der Waals surface area (Å²) in [7, 11) is 4.66. The van der Waals surface area contributed by atoms with E-state index in [1.807, 2.05) is 32.0 Å². The molecule has 7 heteroatoms. The van der Waals surface area contributed by atoms with E-state index in [9.17, 15) is 20.0 Å². The maximum atomic E-state index is 14.3. The Bertz CT molecular complexity index is 1750. The highest BCUT2D eigenvalue weighted by molar-refractivity contribution is 6.23. The van der Waals surface area contributed by atoms with Gasteiger partial charge >= 0.3 is 0 Å². The van der Waals surface area contributed by atoms with E-state index in [2.05, 4.69) is 63.6 Å². The van der Waals surface area contributed by atoms with Gasteiger partial charge in [-0.05, 0) is 142 Å². The number of nitriles is 1. The van der Waals surface area contributed by atoms with Crippen LogP contribution >= 0.6 is 0 Å². The number of carbonyl (C=O) groups excluding carboxylic acids is 2. The summed E-state index contributed by atoms with van der Waals surface area (Å²) in [6.45, 7) is 20.1. The van der Waals surface area contributed by atoms with Crippen LogP contribution in [0, 0.1) is 34.0 Å². The Hall–Kier alpha value is -4.09. The third kappa shape index (κ3) is 6.38. The van der Waals surface area contributed by atoms with Gasteiger partial charge < -0.3 is 21.3 Å². The number of carbonyl (C=O) groups is 2. The lowest BCUT2D eigenvalue weighted by Gasteiger charge is -2.56. The molecule has 49 heavy (non-hydrogen) atoms. The fourth-order valence-electron chi connectivity index (χ4n) is 8.98. The molecule has 5 N–H and O–H groups in total. The molecule has 1 aromatic rings. The Labute approximate surface area is 293 Å². The first kappa shape index (κ1) is 39.3. The maximum absolute atomic E-state index is 14.3. The minimum Gasteiger partial charge on any atom is -0.496 e. The van der Waals surface area contributed by atoms with Gasteiger partial charge in [0.15, 0.2) is 11.6 Å². The molecule has 0 saturated heterocycles. The van der Waals surface area contributed by atoms with Crippen molar-refractivity contribution in [3.63, 3.8) is 0 Å². The predicted molar refractivity (Wildman–Crippen MR) is 199 cm³/mol. The number of fused-ring (bicyclic) bond motifs is 3. The van der Waals surface area contributed by atoms with Gasteiger partial charge in [-0.2, -0.15) is 5.26 Å². The monoisotopic (exact) mass is 665 g/mol. The van der Waals surface area contributed by atoms with Crippen molar-refractivity contribution in [3.05, 3.63) is 105 Å². The average Bonchev–Trinajstić information content (AvgIpc) is 3.24. The molecule has 262 valence electrons. The van der Waals surface area contributed by atoms with Gasteiger partial charge in [-0.3, -0.25) is 9.59 Å². The maximum Gasteiger partial charge on any atom is 0.177 e. The minimum atomic E-state index is -1.11. The molecule has 1 saturated carbocycles. The second kappa shape index (κ2) is 15.6. The van der Waals surface area contributed by atoms with Crippen LogP contribution in [0.1, 0.15) is 90.9 Å². The van der Waals surface area contributed by atoms with Crippen molar-refractivity contribution in [2.24, 2.45) is 34.1 Å². The molecule has 1 unspecified atom stereocenters. The Kier molecular flexibility index (Phi) is 12.6. The first-order chi connectivity index (χ1) is 23.3. The topological polar surface area (TPSA) is 139 Å². The molecule has 1 aromatic carbocycles. The summed E-state index contributed by atoms with van der Waals surface area (Å²) in [6.07, 6.45) is 8.55. The molecule has 7 nitrogen and oxygen atoms in total. The average molecular weight is 666 g/mol. The van der Waals surface area contributed by atoms with Crippen LogP contribution in [0.25, 0.3) is 5.57 Å². The van der Waals surface area contributed by atoms with Crippen LogP contribution in [0.15, 0.2) is 94.2 Å². The minimum absolute atomic E-state index is 0.00707. The molecule has 5 rings (SSSR count). The molecule has 0 aromatic heterocycles. The number of nitrogens with zero attached hydrogens (tertiary/aromatic N) is 1. The first-order valence-electron chi connectivity index (χ1n) is 17.1. The van der Waals surface area contributed by atoms with Gasteiger partial charge in [-0.15, -0.1) is 6.58 Å². The van der Waals surface area contributed by atoms with Gasteiger partial charge in [0.05, 0.1) is 30.3 Å². The molecular formula is C42H55N3O4. The van der Waals surface area contributed by atoms with Crippen molar-refractivity contribution in [2.75, 3.05) is 21.2 Å². The zero-order valence-corrected chi connectivity index (χ0v) is 30.9. The molecule has 0 aliphatic heterocycles. The van der Waals surface area contributed by atoms with Crippen molar-refractivity contribution >= 4 is 17.1 Å². The zero-order chi connectivity index (χ0) is 37.0. The Morgan fingerprint density at radius 2 is 1.86 bits per heavy atom. The van der Waals surface area contributed by atoms with Crippen LogP contribution in [-0.4, -0.2) is 37.9 Å². The molecule has 0 heterocycles. The number of hydrogen-bond acceptors (Lipinski definition) is 7. The van der Waals surface area contributed by atoms with Crippen molar-refractivity contribution in [1.29, 1.82) is 5.26 Å². The normalized spacial score (nSPS) is 26.6. The van der Waals surface area contributed by atoms with E-state index in [4.69, 9.17) is 4.74 Å². The van der Waals surface area contributed by atoms with E-state index in [-0.39, 0.29) is 29.0 Å². The first-order valence-corrected chi connectivity index (χ1v) is 17.1. The highest BCUT2D eigenvalue weighted by Gasteiger charge is 2.61. The number of aliphatic hydroxyl groups excluding tert-OH is 1. The quantitative estimate of drug-likeness (QED) is 0.199. The van der Waals surface area contributed by atoms with E-state index in [1.165, 1.54) is 21.0 Å².